The molecule has 1 unspecified atom stereocenters. The highest BCUT2D eigenvalue weighted by Gasteiger charge is 2.20. The molecule has 0 saturated heterocycles. The first-order valence-electron chi connectivity index (χ1n) is 9.45. The average Bonchev–Trinajstić information content (AvgIpc) is 3.21. The van der Waals surface area contributed by atoms with E-state index in [1.54, 1.807) is 6.26 Å². The van der Waals surface area contributed by atoms with Crippen LogP contribution in [0.5, 0.6) is 0 Å². The van der Waals surface area contributed by atoms with Gasteiger partial charge in [0.05, 0.1) is 11.6 Å². The number of nitrogens with one attached hydrogen (secondary N) is 2. The van der Waals surface area contributed by atoms with Gasteiger partial charge in [-0.15, -0.1) is 0 Å². The molecule has 5 nitrogen and oxygen atoms in total. The zero-order valence-electron chi connectivity index (χ0n) is 16.1. The van der Waals surface area contributed by atoms with E-state index in [0.29, 0.717) is 12.1 Å². The molecule has 0 aliphatic carbocycles. The van der Waals surface area contributed by atoms with E-state index >= 15 is 0 Å². The third-order valence-electron chi connectivity index (χ3n) is 5.03. The third-order valence-corrected chi connectivity index (χ3v) is 5.03. The maximum absolute atomic E-state index is 12.6. The van der Waals surface area contributed by atoms with E-state index in [-0.39, 0.29) is 18.4 Å². The van der Waals surface area contributed by atoms with E-state index in [1.165, 1.54) is 11.1 Å². The van der Waals surface area contributed by atoms with Crippen LogP contribution in [-0.4, -0.2) is 17.8 Å². The van der Waals surface area contributed by atoms with E-state index in [1.807, 2.05) is 31.2 Å². The van der Waals surface area contributed by atoms with Gasteiger partial charge in [0.15, 0.2) is 5.76 Å². The molecule has 0 saturated carbocycles. The smallest absolute Gasteiger partial charge is 0.252 e. The van der Waals surface area contributed by atoms with Gasteiger partial charge >= 0.3 is 0 Å². The molecule has 1 aromatic heterocycles. The number of pyridine rings is 1. The zero-order chi connectivity index (χ0) is 19.5. The summed E-state index contributed by atoms with van der Waals surface area (Å²) in [5.41, 5.74) is 4.98. The van der Waals surface area contributed by atoms with Crippen LogP contribution in [0.3, 0.4) is 0 Å². The Morgan fingerprint density at radius 3 is 2.71 bits per heavy atom. The number of aromatic amines is 1. The molecule has 3 aromatic rings. The van der Waals surface area contributed by atoms with Gasteiger partial charge in [-0.3, -0.25) is 4.79 Å². The van der Waals surface area contributed by atoms with E-state index in [9.17, 15) is 4.79 Å². The molecule has 0 amide bonds. The van der Waals surface area contributed by atoms with Crippen LogP contribution in [-0.2, 0) is 22.4 Å². The number of benzene rings is 2. The lowest BCUT2D eigenvalue weighted by Gasteiger charge is -2.19. The fourth-order valence-electron chi connectivity index (χ4n) is 3.65. The highest BCUT2D eigenvalue weighted by Crippen LogP contribution is 2.19. The fourth-order valence-corrected chi connectivity index (χ4v) is 3.65. The van der Waals surface area contributed by atoms with Crippen molar-refractivity contribution in [1.82, 2.24) is 10.3 Å². The van der Waals surface area contributed by atoms with Crippen molar-refractivity contribution in [3.63, 3.8) is 0 Å². The SMILES string of the molecule is Cc1cc(C)c2[nH]c(=O)c(CNC(Cc3ccccc3)C3=COCO3)cc2c1. The van der Waals surface area contributed by atoms with Gasteiger partial charge in [0.25, 0.3) is 5.56 Å². The number of fused-ring (bicyclic) bond motifs is 1. The summed E-state index contributed by atoms with van der Waals surface area (Å²) in [4.78, 5) is 15.6. The summed E-state index contributed by atoms with van der Waals surface area (Å²) in [7, 11) is 0. The first kappa shape index (κ1) is 18.3. The quantitative estimate of drug-likeness (QED) is 0.689. The molecular weight excluding hydrogens is 352 g/mol. The van der Waals surface area contributed by atoms with Crippen LogP contribution in [0.2, 0.25) is 0 Å². The van der Waals surface area contributed by atoms with Crippen LogP contribution in [0, 0.1) is 13.8 Å². The molecule has 0 spiro atoms. The Bertz CT molecular complexity index is 1070. The van der Waals surface area contributed by atoms with Crippen molar-refractivity contribution in [3.05, 3.63) is 93.2 Å². The Labute approximate surface area is 164 Å². The number of hydrogen-bond donors (Lipinski definition) is 2. The lowest BCUT2D eigenvalue weighted by atomic mass is 10.0. The summed E-state index contributed by atoms with van der Waals surface area (Å²) in [6, 6.07) is 16.3. The van der Waals surface area contributed by atoms with E-state index in [0.717, 1.165) is 28.6 Å². The van der Waals surface area contributed by atoms with Crippen LogP contribution in [0.1, 0.15) is 22.3 Å². The van der Waals surface area contributed by atoms with E-state index in [2.05, 4.69) is 41.5 Å². The Morgan fingerprint density at radius 1 is 1.14 bits per heavy atom. The lowest BCUT2D eigenvalue weighted by molar-refractivity contribution is 0.0733. The minimum absolute atomic E-state index is 0.0667. The number of ether oxygens (including phenoxy) is 2. The van der Waals surface area contributed by atoms with Gasteiger partial charge in [0.1, 0.15) is 6.26 Å². The van der Waals surface area contributed by atoms with Gasteiger partial charge in [0.2, 0.25) is 6.79 Å². The van der Waals surface area contributed by atoms with Gasteiger partial charge in [-0.1, -0.05) is 42.0 Å². The Kier molecular flexibility index (Phi) is 5.17. The molecule has 1 aliphatic heterocycles. The summed E-state index contributed by atoms with van der Waals surface area (Å²) < 4.78 is 10.8. The van der Waals surface area contributed by atoms with Crippen molar-refractivity contribution in [2.45, 2.75) is 32.9 Å². The number of H-pyrrole nitrogens is 1. The van der Waals surface area contributed by atoms with Crippen molar-refractivity contribution in [2.75, 3.05) is 6.79 Å². The van der Waals surface area contributed by atoms with Crippen LogP contribution in [0.4, 0.5) is 0 Å². The fraction of sp³-hybridized carbons (Fsp3) is 0.261. The van der Waals surface area contributed by atoms with Crippen LogP contribution >= 0.6 is 0 Å². The predicted molar refractivity (Wildman–Crippen MR) is 110 cm³/mol. The summed E-state index contributed by atoms with van der Waals surface area (Å²) >= 11 is 0. The Hall–Kier alpha value is -3.05. The first-order valence-corrected chi connectivity index (χ1v) is 9.45. The molecule has 2 aromatic carbocycles. The standard InChI is InChI=1S/C23H24N2O3/c1-15-8-16(2)22-18(9-15)11-19(23(26)25-22)12-24-20(21-13-27-14-28-21)10-17-6-4-3-5-7-17/h3-9,11,13,20,24H,10,12,14H2,1-2H3,(H,25,26). The topological polar surface area (TPSA) is 63.4 Å². The molecule has 4 rings (SSSR count). The molecule has 0 fully saturated rings. The number of rotatable bonds is 6. The number of hydrogen-bond acceptors (Lipinski definition) is 4. The largest absolute Gasteiger partial charge is 0.462 e. The highest BCUT2D eigenvalue weighted by atomic mass is 16.7. The van der Waals surface area contributed by atoms with Crippen LogP contribution < -0.4 is 10.9 Å². The molecule has 28 heavy (non-hydrogen) atoms. The zero-order valence-corrected chi connectivity index (χ0v) is 16.1. The molecule has 2 N–H and O–H groups in total. The van der Waals surface area contributed by atoms with Gasteiger partial charge in [-0.25, -0.2) is 0 Å². The molecule has 1 aliphatic rings. The molecule has 0 radical (unpaired) electrons. The van der Waals surface area contributed by atoms with Crippen LogP contribution in [0.25, 0.3) is 10.9 Å². The molecule has 1 atom stereocenters. The highest BCUT2D eigenvalue weighted by molar-refractivity contribution is 5.82. The maximum atomic E-state index is 12.6. The van der Waals surface area contributed by atoms with Crippen LogP contribution in [0.15, 0.2) is 65.3 Å². The second kappa shape index (κ2) is 7.90. The van der Waals surface area contributed by atoms with Gasteiger partial charge in [-0.2, -0.15) is 0 Å². The minimum Gasteiger partial charge on any atom is -0.462 e. The summed E-state index contributed by atoms with van der Waals surface area (Å²) in [5, 5.41) is 4.52. The summed E-state index contributed by atoms with van der Waals surface area (Å²) in [6.45, 7) is 4.76. The number of aryl methyl sites for hydroxylation is 2. The van der Waals surface area contributed by atoms with Crippen molar-refractivity contribution < 1.29 is 9.47 Å². The van der Waals surface area contributed by atoms with E-state index in [4.69, 9.17) is 9.47 Å². The maximum Gasteiger partial charge on any atom is 0.252 e. The van der Waals surface area contributed by atoms with Gasteiger partial charge < -0.3 is 19.8 Å². The van der Waals surface area contributed by atoms with Crippen molar-refractivity contribution in [2.24, 2.45) is 0 Å². The Morgan fingerprint density at radius 2 is 1.96 bits per heavy atom. The summed E-state index contributed by atoms with van der Waals surface area (Å²) in [6.07, 6.45) is 2.40. The normalized spacial score (nSPS) is 14.4. The van der Waals surface area contributed by atoms with Gasteiger partial charge in [-0.05, 0) is 48.9 Å². The van der Waals surface area contributed by atoms with Gasteiger partial charge in [0, 0.05) is 12.1 Å². The second-order valence-electron chi connectivity index (χ2n) is 7.24. The monoisotopic (exact) mass is 376 g/mol. The summed E-state index contributed by atoms with van der Waals surface area (Å²) in [5.74, 6) is 0.757. The molecule has 2 heterocycles. The minimum atomic E-state index is -0.0701. The van der Waals surface area contributed by atoms with Crippen molar-refractivity contribution in [3.8, 4) is 0 Å². The molecule has 5 heteroatoms. The molecular formula is C23H24N2O3. The lowest BCUT2D eigenvalue weighted by Crippen LogP contribution is -2.34. The van der Waals surface area contributed by atoms with Crippen molar-refractivity contribution in [1.29, 1.82) is 0 Å². The first-order chi connectivity index (χ1) is 13.6. The molecule has 144 valence electrons. The predicted octanol–water partition coefficient (Wildman–Crippen LogP) is 3.69. The Balaban J connectivity index is 1.58. The van der Waals surface area contributed by atoms with Crippen molar-refractivity contribution >= 4 is 10.9 Å². The second-order valence-corrected chi connectivity index (χ2v) is 7.24. The average molecular weight is 376 g/mol. The number of aromatic nitrogens is 1. The molecule has 0 bridgehead atoms. The van der Waals surface area contributed by atoms with E-state index < -0.39 is 0 Å². The third kappa shape index (κ3) is 3.94.